The lowest BCUT2D eigenvalue weighted by molar-refractivity contribution is -0.151. The predicted octanol–water partition coefficient (Wildman–Crippen LogP) is 5.15. The van der Waals surface area contributed by atoms with Gasteiger partial charge in [0.1, 0.15) is 18.0 Å². The van der Waals surface area contributed by atoms with Crippen molar-refractivity contribution in [2.24, 2.45) is 0 Å². The molecule has 3 aromatic rings. The first-order chi connectivity index (χ1) is 15.5. The molecule has 0 heterocycles. The second-order valence-electron chi connectivity index (χ2n) is 7.87. The molecule has 3 aromatic carbocycles. The molecule has 0 amide bonds. The lowest BCUT2D eigenvalue weighted by atomic mass is 9.96. The Bertz CT molecular complexity index is 1080. The Morgan fingerprint density at radius 3 is 2.06 bits per heavy atom. The molecule has 166 valence electrons. The molecule has 5 nitrogen and oxygen atoms in total. The van der Waals surface area contributed by atoms with Crippen molar-refractivity contribution in [3.05, 3.63) is 90.2 Å². The molecule has 1 atom stereocenters. The van der Waals surface area contributed by atoms with Crippen LogP contribution in [0.15, 0.2) is 78.9 Å². The molecular weight excluding hydrogens is 429 g/mol. The molecule has 32 heavy (non-hydrogen) atoms. The molecule has 1 aliphatic carbocycles. The van der Waals surface area contributed by atoms with Gasteiger partial charge in [0.15, 0.2) is 0 Å². The average molecular weight is 453 g/mol. The molecule has 1 saturated carbocycles. The number of hydrogen-bond donors (Lipinski definition) is 0. The fourth-order valence-corrected chi connectivity index (χ4v) is 5.05. The van der Waals surface area contributed by atoms with Gasteiger partial charge >= 0.3 is 5.97 Å². The van der Waals surface area contributed by atoms with Crippen LogP contribution in [-0.2, 0) is 27.4 Å². The summed E-state index contributed by atoms with van der Waals surface area (Å²) in [6.45, 7) is 0.0876. The maximum atomic E-state index is 13.2. The number of hydrogen-bond acceptors (Lipinski definition) is 4. The Morgan fingerprint density at radius 1 is 0.938 bits per heavy atom. The summed E-state index contributed by atoms with van der Waals surface area (Å²) in [5.41, 5.74) is 1.59. The number of nitrogens with zero attached hydrogens (tertiary/aromatic N) is 1. The van der Waals surface area contributed by atoms with Crippen molar-refractivity contribution in [2.75, 3.05) is 4.31 Å². The van der Waals surface area contributed by atoms with Crippen LogP contribution in [0.4, 0.5) is 10.1 Å². The zero-order valence-electron chi connectivity index (χ0n) is 17.4. The highest BCUT2D eigenvalue weighted by Gasteiger charge is 2.49. The molecule has 0 aromatic heterocycles. The lowest BCUT2D eigenvalue weighted by Crippen LogP contribution is -2.54. The van der Waals surface area contributed by atoms with E-state index in [0.29, 0.717) is 18.5 Å². The van der Waals surface area contributed by atoms with E-state index in [9.17, 15) is 17.9 Å². The van der Waals surface area contributed by atoms with Gasteiger partial charge in [0, 0.05) is 17.0 Å². The van der Waals surface area contributed by atoms with E-state index >= 15 is 0 Å². The van der Waals surface area contributed by atoms with E-state index in [1.165, 1.54) is 12.1 Å². The average Bonchev–Trinajstić information content (AvgIpc) is 3.30. The first-order valence-electron chi connectivity index (χ1n) is 10.5. The number of ether oxygens (including phenoxy) is 1. The van der Waals surface area contributed by atoms with Gasteiger partial charge in [-0.25, -0.2) is 9.18 Å². The molecule has 0 saturated heterocycles. The summed E-state index contributed by atoms with van der Waals surface area (Å²) >= 11 is -2.67. The van der Waals surface area contributed by atoms with E-state index in [-0.39, 0.29) is 12.4 Å². The number of benzene rings is 3. The van der Waals surface area contributed by atoms with E-state index in [1.807, 2.05) is 30.3 Å². The Kier molecular flexibility index (Phi) is 6.67. The van der Waals surface area contributed by atoms with Crippen molar-refractivity contribution < 1.29 is 22.7 Å². The number of carbonyl (C=O) groups is 1. The van der Waals surface area contributed by atoms with Gasteiger partial charge in [-0.15, -0.1) is 0 Å². The SMILES string of the molecule is O=C(OCc1ccccc1)C1(N(c2ccc(-c3ccc(F)cc3)cc2)S(=O)[O-])CCCC1. The van der Waals surface area contributed by atoms with E-state index < -0.39 is 22.8 Å². The zero-order valence-corrected chi connectivity index (χ0v) is 18.2. The maximum absolute atomic E-state index is 13.2. The maximum Gasteiger partial charge on any atom is 0.333 e. The third-order valence-corrected chi connectivity index (χ3v) is 6.70. The fraction of sp³-hybridized carbons (Fsp3) is 0.240. The van der Waals surface area contributed by atoms with Crippen LogP contribution in [-0.4, -0.2) is 20.3 Å². The van der Waals surface area contributed by atoms with Gasteiger partial charge in [0.05, 0.1) is 0 Å². The van der Waals surface area contributed by atoms with Gasteiger partial charge in [-0.1, -0.05) is 67.4 Å². The predicted molar refractivity (Wildman–Crippen MR) is 121 cm³/mol. The fourth-order valence-electron chi connectivity index (χ4n) is 4.21. The molecule has 0 aliphatic heterocycles. The summed E-state index contributed by atoms with van der Waals surface area (Å²) in [7, 11) is 0. The molecule has 0 radical (unpaired) electrons. The zero-order chi connectivity index (χ0) is 22.6. The van der Waals surface area contributed by atoms with Crippen LogP contribution in [0.1, 0.15) is 31.2 Å². The summed E-state index contributed by atoms with van der Waals surface area (Å²) in [5.74, 6) is -0.860. The van der Waals surface area contributed by atoms with Gasteiger partial charge in [-0.05, 0) is 53.8 Å². The molecule has 1 fully saturated rings. The van der Waals surface area contributed by atoms with Crippen LogP contribution in [0.3, 0.4) is 0 Å². The van der Waals surface area contributed by atoms with Crippen LogP contribution in [0.2, 0.25) is 0 Å². The highest BCUT2D eigenvalue weighted by atomic mass is 32.2. The summed E-state index contributed by atoms with van der Waals surface area (Å²) in [6.07, 6.45) is 2.27. The van der Waals surface area contributed by atoms with Crippen LogP contribution >= 0.6 is 0 Å². The number of rotatable bonds is 7. The number of esters is 1. The summed E-state index contributed by atoms with van der Waals surface area (Å²) in [4.78, 5) is 13.2. The molecule has 0 N–H and O–H groups in total. The van der Waals surface area contributed by atoms with Crippen molar-refractivity contribution >= 4 is 22.9 Å². The monoisotopic (exact) mass is 452 g/mol. The van der Waals surface area contributed by atoms with Gasteiger partial charge in [-0.3, -0.25) is 8.51 Å². The topological polar surface area (TPSA) is 69.7 Å². The third-order valence-electron chi connectivity index (χ3n) is 5.84. The number of carbonyl (C=O) groups excluding carboxylic acids is 1. The van der Waals surface area contributed by atoms with Gasteiger partial charge in [-0.2, -0.15) is 0 Å². The van der Waals surface area contributed by atoms with Crippen LogP contribution in [0, 0.1) is 5.82 Å². The minimum Gasteiger partial charge on any atom is -0.755 e. The van der Waals surface area contributed by atoms with Crippen LogP contribution in [0.25, 0.3) is 11.1 Å². The Balaban J connectivity index is 1.60. The summed E-state index contributed by atoms with van der Waals surface area (Å²) < 4.78 is 44.6. The van der Waals surface area contributed by atoms with Crippen molar-refractivity contribution in [3.63, 3.8) is 0 Å². The van der Waals surface area contributed by atoms with E-state index in [0.717, 1.165) is 33.8 Å². The molecule has 7 heteroatoms. The smallest absolute Gasteiger partial charge is 0.333 e. The highest BCUT2D eigenvalue weighted by Crippen LogP contribution is 2.41. The number of anilines is 1. The first kappa shape index (κ1) is 22.2. The number of halogens is 1. The second kappa shape index (κ2) is 9.63. The van der Waals surface area contributed by atoms with Crippen LogP contribution < -0.4 is 4.31 Å². The molecule has 0 bridgehead atoms. The molecule has 4 rings (SSSR count). The largest absolute Gasteiger partial charge is 0.755 e. The second-order valence-corrected chi connectivity index (χ2v) is 8.67. The molecular formula is C25H23FNO4S-. The normalized spacial score (nSPS) is 15.8. The summed E-state index contributed by atoms with van der Waals surface area (Å²) in [6, 6.07) is 22.2. The van der Waals surface area contributed by atoms with Crippen molar-refractivity contribution in [1.29, 1.82) is 0 Å². The lowest BCUT2D eigenvalue weighted by Gasteiger charge is -2.41. The van der Waals surface area contributed by atoms with E-state index in [1.54, 1.807) is 36.4 Å². The first-order valence-corrected chi connectivity index (χ1v) is 11.5. The minimum absolute atomic E-state index is 0.0876. The standard InChI is InChI=1S/C25H24FNO4S/c26-22-12-8-20(9-13-22)21-10-14-23(15-11-21)27(32(29)30)25(16-4-5-17-25)24(28)31-18-19-6-2-1-3-7-19/h1-3,6-15H,4-5,16-18H2,(H,29,30)/p-1. The van der Waals surface area contributed by atoms with Crippen molar-refractivity contribution in [3.8, 4) is 11.1 Å². The molecule has 1 unspecified atom stereocenters. The Labute approximate surface area is 189 Å². The summed E-state index contributed by atoms with van der Waals surface area (Å²) in [5, 5.41) is 0. The Morgan fingerprint density at radius 2 is 1.50 bits per heavy atom. The highest BCUT2D eigenvalue weighted by molar-refractivity contribution is 7.80. The Hall–Kier alpha value is -3.03. The van der Waals surface area contributed by atoms with Gasteiger partial charge < -0.3 is 9.29 Å². The van der Waals surface area contributed by atoms with Gasteiger partial charge in [0.2, 0.25) is 0 Å². The van der Waals surface area contributed by atoms with E-state index in [2.05, 4.69) is 0 Å². The van der Waals surface area contributed by atoms with Gasteiger partial charge in [0.25, 0.3) is 0 Å². The third kappa shape index (κ3) is 4.59. The van der Waals surface area contributed by atoms with Crippen LogP contribution in [0.5, 0.6) is 0 Å². The van der Waals surface area contributed by atoms with Crippen molar-refractivity contribution in [2.45, 2.75) is 37.8 Å². The quantitative estimate of drug-likeness (QED) is 0.367. The molecule has 0 spiro atoms. The molecule has 1 aliphatic rings. The minimum atomic E-state index is -2.67. The van der Waals surface area contributed by atoms with E-state index in [4.69, 9.17) is 4.74 Å². The van der Waals surface area contributed by atoms with Crippen molar-refractivity contribution in [1.82, 2.24) is 0 Å².